The molecular weight excluding hydrogens is 613 g/mol. The molecule has 39 heavy (non-hydrogen) atoms. The summed E-state index contributed by atoms with van der Waals surface area (Å²) in [5.41, 5.74) is 3.20. The van der Waals surface area contributed by atoms with E-state index in [1.165, 1.54) is 6.08 Å². The fourth-order valence-electron chi connectivity index (χ4n) is 3.85. The van der Waals surface area contributed by atoms with Crippen molar-refractivity contribution in [1.29, 1.82) is 0 Å². The number of rotatable bonds is 8. The molecule has 200 valence electrons. The Hall–Kier alpha value is -4.19. The van der Waals surface area contributed by atoms with Gasteiger partial charge in [0.2, 0.25) is 0 Å². The number of carbonyl (C=O) groups is 4. The number of aryl methyl sites for hydroxylation is 2. The number of amides is 5. The topological polar surface area (TPSA) is 114 Å². The van der Waals surface area contributed by atoms with Gasteiger partial charge in [0.15, 0.2) is 18.1 Å². The Bertz CT molecular complexity index is 1490. The lowest BCUT2D eigenvalue weighted by atomic mass is 10.0. The Morgan fingerprint density at radius 1 is 1.00 bits per heavy atom. The first-order chi connectivity index (χ1) is 18.7. The zero-order valence-corrected chi connectivity index (χ0v) is 23.7. The van der Waals surface area contributed by atoms with Crippen LogP contribution in [-0.4, -0.2) is 37.0 Å². The van der Waals surface area contributed by atoms with Crippen LogP contribution in [0.15, 0.2) is 66.2 Å². The maximum Gasteiger partial charge on any atom is 0.335 e. The van der Waals surface area contributed by atoms with Gasteiger partial charge < -0.3 is 14.8 Å². The number of urea groups is 1. The molecule has 10 heteroatoms. The van der Waals surface area contributed by atoms with E-state index in [2.05, 4.69) is 10.6 Å². The molecule has 9 nitrogen and oxygen atoms in total. The van der Waals surface area contributed by atoms with Gasteiger partial charge in [-0.1, -0.05) is 24.3 Å². The van der Waals surface area contributed by atoms with Crippen molar-refractivity contribution in [2.24, 2.45) is 0 Å². The van der Waals surface area contributed by atoms with E-state index in [1.807, 2.05) is 54.6 Å². The van der Waals surface area contributed by atoms with Crippen LogP contribution in [0.5, 0.6) is 11.5 Å². The molecule has 3 aromatic carbocycles. The summed E-state index contributed by atoms with van der Waals surface area (Å²) < 4.78 is 12.1. The first kappa shape index (κ1) is 27.8. The molecule has 1 aliphatic heterocycles. The molecule has 5 amide bonds. The van der Waals surface area contributed by atoms with Crippen molar-refractivity contribution < 1.29 is 28.7 Å². The molecule has 2 N–H and O–H groups in total. The van der Waals surface area contributed by atoms with E-state index < -0.39 is 17.8 Å². The van der Waals surface area contributed by atoms with Crippen molar-refractivity contribution in [2.75, 3.05) is 23.4 Å². The number of para-hydroxylation sites is 1. The average molecular weight is 639 g/mol. The number of nitrogens with one attached hydrogen (secondary N) is 2. The summed E-state index contributed by atoms with van der Waals surface area (Å²) in [4.78, 5) is 51.9. The highest BCUT2D eigenvalue weighted by Crippen LogP contribution is 2.35. The van der Waals surface area contributed by atoms with Gasteiger partial charge in [0.1, 0.15) is 5.57 Å². The van der Waals surface area contributed by atoms with Crippen molar-refractivity contribution >= 4 is 63.8 Å². The van der Waals surface area contributed by atoms with Gasteiger partial charge in [-0.05, 0) is 103 Å². The summed E-state index contributed by atoms with van der Waals surface area (Å²) in [5.74, 6) is -1.18. The maximum atomic E-state index is 13.3. The number of nitrogens with zero attached hydrogens (tertiary/aromatic N) is 1. The second-order valence-corrected chi connectivity index (χ2v) is 9.85. The Morgan fingerprint density at radius 2 is 1.74 bits per heavy atom. The smallest absolute Gasteiger partial charge is 0.335 e. The minimum atomic E-state index is -0.812. The van der Waals surface area contributed by atoms with E-state index in [9.17, 15) is 19.2 Å². The van der Waals surface area contributed by atoms with Crippen molar-refractivity contribution in [1.82, 2.24) is 5.32 Å². The summed E-state index contributed by atoms with van der Waals surface area (Å²) in [6, 6.07) is 16.7. The van der Waals surface area contributed by atoms with E-state index in [-0.39, 0.29) is 18.1 Å². The third-order valence-corrected chi connectivity index (χ3v) is 6.70. The number of halogens is 1. The van der Waals surface area contributed by atoms with Crippen LogP contribution in [0.3, 0.4) is 0 Å². The number of hydrogen-bond acceptors (Lipinski definition) is 6. The molecule has 0 aliphatic carbocycles. The molecule has 1 aliphatic rings. The van der Waals surface area contributed by atoms with Crippen LogP contribution in [0.2, 0.25) is 0 Å². The van der Waals surface area contributed by atoms with Gasteiger partial charge in [-0.15, -0.1) is 0 Å². The lowest BCUT2D eigenvalue weighted by Crippen LogP contribution is -2.54. The number of ether oxygens (including phenoxy) is 2. The fourth-order valence-corrected chi connectivity index (χ4v) is 4.63. The quantitative estimate of drug-likeness (QED) is 0.204. The lowest BCUT2D eigenvalue weighted by molar-refractivity contribution is -0.122. The van der Waals surface area contributed by atoms with Crippen LogP contribution in [0, 0.1) is 17.4 Å². The molecule has 0 radical (unpaired) electrons. The highest BCUT2D eigenvalue weighted by molar-refractivity contribution is 14.1. The molecule has 0 saturated carbocycles. The van der Waals surface area contributed by atoms with E-state index in [1.54, 1.807) is 49.4 Å². The molecule has 0 atom stereocenters. The molecule has 0 bridgehead atoms. The van der Waals surface area contributed by atoms with Crippen LogP contribution in [0.4, 0.5) is 16.2 Å². The SMILES string of the molecule is CCOc1cc(/C=C2\C(=O)NC(=O)N(c3ccc(C)c(C)c3)C2=O)cc(I)c1OCC(=O)Nc1ccccc1. The number of benzene rings is 3. The minimum Gasteiger partial charge on any atom is -0.490 e. The molecule has 1 fully saturated rings. The summed E-state index contributed by atoms with van der Waals surface area (Å²) in [6.07, 6.45) is 1.40. The largest absolute Gasteiger partial charge is 0.490 e. The van der Waals surface area contributed by atoms with Gasteiger partial charge in [0.25, 0.3) is 17.7 Å². The fraction of sp³-hybridized carbons (Fsp3) is 0.172. The Balaban J connectivity index is 1.60. The molecule has 0 spiro atoms. The zero-order valence-electron chi connectivity index (χ0n) is 21.5. The van der Waals surface area contributed by atoms with E-state index in [0.29, 0.717) is 38.6 Å². The maximum absolute atomic E-state index is 13.3. The molecule has 4 rings (SSSR count). The van der Waals surface area contributed by atoms with Gasteiger partial charge >= 0.3 is 6.03 Å². The molecule has 3 aromatic rings. The first-order valence-electron chi connectivity index (χ1n) is 12.1. The molecule has 0 unspecified atom stereocenters. The second-order valence-electron chi connectivity index (χ2n) is 8.69. The van der Waals surface area contributed by atoms with Crippen LogP contribution in [0.25, 0.3) is 6.08 Å². The Morgan fingerprint density at radius 3 is 2.44 bits per heavy atom. The molecular formula is C29H26IN3O6. The Labute approximate surface area is 239 Å². The number of hydrogen-bond donors (Lipinski definition) is 2. The van der Waals surface area contributed by atoms with Crippen LogP contribution in [0.1, 0.15) is 23.6 Å². The third kappa shape index (κ3) is 6.45. The summed E-state index contributed by atoms with van der Waals surface area (Å²) in [5, 5.41) is 4.99. The van der Waals surface area contributed by atoms with Crippen molar-refractivity contribution in [3.8, 4) is 11.5 Å². The predicted molar refractivity (Wildman–Crippen MR) is 156 cm³/mol. The van der Waals surface area contributed by atoms with Gasteiger partial charge in [-0.3, -0.25) is 19.7 Å². The summed E-state index contributed by atoms with van der Waals surface area (Å²) >= 11 is 2.03. The van der Waals surface area contributed by atoms with Gasteiger partial charge in [0.05, 0.1) is 15.9 Å². The number of imide groups is 2. The Kier molecular flexibility index (Phi) is 8.65. The van der Waals surface area contributed by atoms with E-state index >= 15 is 0 Å². The van der Waals surface area contributed by atoms with Gasteiger partial charge in [-0.25, -0.2) is 9.69 Å². The first-order valence-corrected chi connectivity index (χ1v) is 13.2. The normalized spacial score (nSPS) is 14.3. The molecule has 1 heterocycles. The van der Waals surface area contributed by atoms with E-state index in [0.717, 1.165) is 16.0 Å². The highest BCUT2D eigenvalue weighted by Gasteiger charge is 2.37. The minimum absolute atomic E-state index is 0.206. The lowest BCUT2D eigenvalue weighted by Gasteiger charge is -2.27. The number of barbiturate groups is 1. The van der Waals surface area contributed by atoms with Crippen LogP contribution in [-0.2, 0) is 14.4 Å². The van der Waals surface area contributed by atoms with Crippen LogP contribution >= 0.6 is 22.6 Å². The van der Waals surface area contributed by atoms with Crippen LogP contribution < -0.4 is 25.0 Å². The highest BCUT2D eigenvalue weighted by atomic mass is 127. The summed E-state index contributed by atoms with van der Waals surface area (Å²) in [6.45, 7) is 5.66. The van der Waals surface area contributed by atoms with Gasteiger partial charge in [0, 0.05) is 5.69 Å². The summed E-state index contributed by atoms with van der Waals surface area (Å²) in [7, 11) is 0. The average Bonchev–Trinajstić information content (AvgIpc) is 2.89. The van der Waals surface area contributed by atoms with Crippen molar-refractivity contribution in [3.63, 3.8) is 0 Å². The van der Waals surface area contributed by atoms with E-state index in [4.69, 9.17) is 9.47 Å². The third-order valence-electron chi connectivity index (χ3n) is 5.90. The number of carbonyl (C=O) groups excluding carboxylic acids is 4. The predicted octanol–water partition coefficient (Wildman–Crippen LogP) is 4.99. The second kappa shape index (κ2) is 12.1. The van der Waals surface area contributed by atoms with Crippen molar-refractivity contribution in [3.05, 3.63) is 86.5 Å². The van der Waals surface area contributed by atoms with Crippen molar-refractivity contribution in [2.45, 2.75) is 20.8 Å². The molecule has 0 aromatic heterocycles. The van der Waals surface area contributed by atoms with Gasteiger partial charge in [-0.2, -0.15) is 0 Å². The zero-order chi connectivity index (χ0) is 28.1. The molecule has 1 saturated heterocycles. The monoisotopic (exact) mass is 639 g/mol. The number of anilines is 2. The standard InChI is InChI=1S/C29H26IN3O6/c1-4-38-24-15-19(14-23(30)26(24)39-16-25(34)31-20-8-6-5-7-9-20)13-22-27(35)32-29(37)33(28(22)36)21-11-10-17(2)18(3)12-21/h5-15H,4,16H2,1-3H3,(H,31,34)(H,32,35,37)/b22-13+.